The van der Waals surface area contributed by atoms with Crippen LogP contribution in [0.1, 0.15) is 23.8 Å². The number of nitrogens with zero attached hydrogens (tertiary/aromatic N) is 3. The van der Waals surface area contributed by atoms with Crippen LogP contribution in [-0.2, 0) is 22.6 Å². The Bertz CT molecular complexity index is 826. The van der Waals surface area contributed by atoms with Crippen molar-refractivity contribution in [1.82, 2.24) is 15.3 Å². The molecule has 0 spiro atoms. The molecule has 0 aliphatic heterocycles. The molecule has 0 aliphatic carbocycles. The highest BCUT2D eigenvalue weighted by Gasteiger charge is 2.12. The summed E-state index contributed by atoms with van der Waals surface area (Å²) in [6.45, 7) is 1.81. The maximum Gasteiger partial charge on any atom is 0.306 e. The van der Waals surface area contributed by atoms with Gasteiger partial charge in [-0.3, -0.25) is 4.79 Å². The van der Waals surface area contributed by atoms with Gasteiger partial charge in [0.05, 0.1) is 6.42 Å². The molecule has 0 saturated heterocycles. The fourth-order valence-electron chi connectivity index (χ4n) is 1.99. The molecule has 8 heteroatoms. The second kappa shape index (κ2) is 7.03. The summed E-state index contributed by atoms with van der Waals surface area (Å²) in [5.74, 6) is 0.560. The summed E-state index contributed by atoms with van der Waals surface area (Å²) < 4.78 is 27.9. The summed E-state index contributed by atoms with van der Waals surface area (Å²) in [4.78, 5) is 15.9. The first-order valence-electron chi connectivity index (χ1n) is 7.26. The lowest BCUT2D eigenvalue weighted by molar-refractivity contribution is -0.145. The van der Waals surface area contributed by atoms with Gasteiger partial charge < -0.3 is 13.8 Å². The van der Waals surface area contributed by atoms with Gasteiger partial charge in [0.2, 0.25) is 11.7 Å². The van der Waals surface area contributed by atoms with Crippen molar-refractivity contribution >= 4 is 5.97 Å². The van der Waals surface area contributed by atoms with Crippen molar-refractivity contribution in [3.63, 3.8) is 0 Å². The van der Waals surface area contributed by atoms with E-state index >= 15 is 0 Å². The van der Waals surface area contributed by atoms with Crippen LogP contribution in [0.4, 0.5) is 4.39 Å². The highest BCUT2D eigenvalue weighted by atomic mass is 19.1. The van der Waals surface area contributed by atoms with E-state index in [1.54, 1.807) is 25.1 Å². The first kappa shape index (κ1) is 15.9. The van der Waals surface area contributed by atoms with E-state index in [0.717, 1.165) is 0 Å². The number of rotatable bonds is 6. The summed E-state index contributed by atoms with van der Waals surface area (Å²) in [5, 5.41) is 7.54. The molecule has 0 aliphatic rings. The lowest BCUT2D eigenvalue weighted by atomic mass is 10.2. The van der Waals surface area contributed by atoms with Gasteiger partial charge in [0, 0.05) is 18.1 Å². The van der Waals surface area contributed by atoms with Gasteiger partial charge in [-0.1, -0.05) is 10.3 Å². The molecule has 0 amide bonds. The number of hydrogen-bond acceptors (Lipinski definition) is 7. The third-order valence-corrected chi connectivity index (χ3v) is 3.17. The van der Waals surface area contributed by atoms with Crippen LogP contribution < -0.4 is 0 Å². The monoisotopic (exact) mass is 331 g/mol. The molecule has 0 radical (unpaired) electrons. The summed E-state index contributed by atoms with van der Waals surface area (Å²) in [7, 11) is 0. The normalized spacial score (nSPS) is 10.8. The third kappa shape index (κ3) is 4.03. The van der Waals surface area contributed by atoms with Crippen LogP contribution in [0.2, 0.25) is 0 Å². The van der Waals surface area contributed by atoms with E-state index in [2.05, 4.69) is 15.3 Å². The summed E-state index contributed by atoms with van der Waals surface area (Å²) in [6.07, 6.45) is 0.354. The Morgan fingerprint density at radius 2 is 2.00 bits per heavy atom. The summed E-state index contributed by atoms with van der Waals surface area (Å²) in [5.41, 5.74) is 1.19. The minimum atomic E-state index is -0.405. The molecule has 1 aromatic carbocycles. The van der Waals surface area contributed by atoms with E-state index in [4.69, 9.17) is 13.8 Å². The molecule has 7 nitrogen and oxygen atoms in total. The van der Waals surface area contributed by atoms with Crippen molar-refractivity contribution < 1.29 is 23.0 Å². The number of aryl methyl sites for hydroxylation is 2. The van der Waals surface area contributed by atoms with Crippen LogP contribution in [0.25, 0.3) is 11.4 Å². The lowest BCUT2D eigenvalue weighted by Gasteiger charge is -2.00. The number of esters is 1. The minimum Gasteiger partial charge on any atom is -0.459 e. The molecule has 0 saturated carbocycles. The lowest BCUT2D eigenvalue weighted by Crippen LogP contribution is -2.06. The van der Waals surface area contributed by atoms with Crippen LogP contribution in [0.5, 0.6) is 0 Å². The summed E-state index contributed by atoms with van der Waals surface area (Å²) >= 11 is 0. The number of ether oxygens (including phenoxy) is 1. The van der Waals surface area contributed by atoms with E-state index in [0.29, 0.717) is 28.7 Å². The number of aromatic nitrogens is 3. The smallest absolute Gasteiger partial charge is 0.306 e. The van der Waals surface area contributed by atoms with E-state index in [1.807, 2.05) is 0 Å². The zero-order chi connectivity index (χ0) is 16.9. The topological polar surface area (TPSA) is 91.2 Å². The quantitative estimate of drug-likeness (QED) is 0.641. The Morgan fingerprint density at radius 1 is 1.21 bits per heavy atom. The third-order valence-electron chi connectivity index (χ3n) is 3.17. The van der Waals surface area contributed by atoms with Gasteiger partial charge in [0.1, 0.15) is 23.9 Å². The second-order valence-corrected chi connectivity index (χ2v) is 5.11. The van der Waals surface area contributed by atoms with E-state index in [1.165, 1.54) is 12.1 Å². The van der Waals surface area contributed by atoms with Gasteiger partial charge in [-0.2, -0.15) is 4.98 Å². The number of benzene rings is 1. The molecule has 124 valence electrons. The SMILES string of the molecule is Cc1cc(COC(=O)CCc2nc(-c3ccc(F)cc3)no2)no1. The molecule has 3 rings (SSSR count). The summed E-state index contributed by atoms with van der Waals surface area (Å²) in [6, 6.07) is 7.43. The van der Waals surface area contributed by atoms with Crippen molar-refractivity contribution in [2.45, 2.75) is 26.4 Å². The second-order valence-electron chi connectivity index (χ2n) is 5.11. The maximum absolute atomic E-state index is 12.9. The Labute approximate surface area is 136 Å². The molecule has 2 heterocycles. The van der Waals surface area contributed by atoms with Crippen LogP contribution in [0.15, 0.2) is 39.4 Å². The van der Waals surface area contributed by atoms with Gasteiger partial charge >= 0.3 is 5.97 Å². The zero-order valence-electron chi connectivity index (χ0n) is 12.9. The first-order valence-corrected chi connectivity index (χ1v) is 7.26. The molecule has 0 unspecified atom stereocenters. The van der Waals surface area contributed by atoms with E-state index in [9.17, 15) is 9.18 Å². The van der Waals surface area contributed by atoms with E-state index in [-0.39, 0.29) is 25.3 Å². The van der Waals surface area contributed by atoms with Crippen molar-refractivity contribution in [3.8, 4) is 11.4 Å². The van der Waals surface area contributed by atoms with Gasteiger partial charge in [-0.15, -0.1) is 0 Å². The Morgan fingerprint density at radius 3 is 2.71 bits per heavy atom. The first-order chi connectivity index (χ1) is 11.6. The average Bonchev–Trinajstić information content (AvgIpc) is 3.21. The molecule has 0 fully saturated rings. The fourth-order valence-corrected chi connectivity index (χ4v) is 1.99. The Kier molecular flexibility index (Phi) is 4.64. The minimum absolute atomic E-state index is 0.0564. The van der Waals surface area contributed by atoms with Crippen molar-refractivity contribution in [2.24, 2.45) is 0 Å². The Hall–Kier alpha value is -3.03. The van der Waals surface area contributed by atoms with E-state index < -0.39 is 5.97 Å². The number of carbonyl (C=O) groups is 1. The average molecular weight is 331 g/mol. The maximum atomic E-state index is 12.9. The van der Waals surface area contributed by atoms with Crippen LogP contribution in [-0.4, -0.2) is 21.3 Å². The van der Waals surface area contributed by atoms with Crippen molar-refractivity contribution in [3.05, 3.63) is 53.5 Å². The van der Waals surface area contributed by atoms with Gasteiger partial charge in [0.15, 0.2) is 0 Å². The molecule has 0 atom stereocenters. The highest BCUT2D eigenvalue weighted by Crippen LogP contribution is 2.16. The molecular formula is C16H14FN3O4. The Balaban J connectivity index is 1.49. The van der Waals surface area contributed by atoms with Crippen LogP contribution in [0, 0.1) is 12.7 Å². The highest BCUT2D eigenvalue weighted by molar-refractivity contribution is 5.69. The number of halogens is 1. The molecule has 2 aromatic heterocycles. The fraction of sp³-hybridized carbons (Fsp3) is 0.250. The van der Waals surface area contributed by atoms with Crippen molar-refractivity contribution in [2.75, 3.05) is 0 Å². The number of hydrogen-bond donors (Lipinski definition) is 0. The molecular weight excluding hydrogens is 317 g/mol. The standard InChI is InChI=1S/C16H14FN3O4/c1-10-8-13(19-23-10)9-22-15(21)7-6-14-18-16(20-24-14)11-2-4-12(17)5-3-11/h2-5,8H,6-7,9H2,1H3. The molecule has 0 N–H and O–H groups in total. The zero-order valence-corrected chi connectivity index (χ0v) is 12.9. The largest absolute Gasteiger partial charge is 0.459 e. The molecule has 3 aromatic rings. The van der Waals surface area contributed by atoms with Crippen molar-refractivity contribution in [1.29, 1.82) is 0 Å². The van der Waals surface area contributed by atoms with Crippen LogP contribution in [0.3, 0.4) is 0 Å². The van der Waals surface area contributed by atoms with Gasteiger partial charge in [0.25, 0.3) is 0 Å². The molecule has 24 heavy (non-hydrogen) atoms. The van der Waals surface area contributed by atoms with Crippen LogP contribution >= 0.6 is 0 Å². The van der Waals surface area contributed by atoms with Gasteiger partial charge in [-0.25, -0.2) is 4.39 Å². The predicted octanol–water partition coefficient (Wildman–Crippen LogP) is 2.85. The molecule has 0 bridgehead atoms. The van der Waals surface area contributed by atoms with Gasteiger partial charge in [-0.05, 0) is 31.2 Å². The predicted molar refractivity (Wildman–Crippen MR) is 79.0 cm³/mol. The number of carbonyl (C=O) groups excluding carboxylic acids is 1.